The fourth-order valence-corrected chi connectivity index (χ4v) is 2.70. The first-order valence-corrected chi connectivity index (χ1v) is 8.35. The molecule has 0 aromatic rings. The van der Waals surface area contributed by atoms with Gasteiger partial charge in [-0.1, -0.05) is 34.6 Å². The summed E-state index contributed by atoms with van der Waals surface area (Å²) in [4.78, 5) is 0. The summed E-state index contributed by atoms with van der Waals surface area (Å²) in [6, 6.07) is 0.343. The van der Waals surface area contributed by atoms with Crippen molar-refractivity contribution in [2.75, 3.05) is 24.7 Å². The SMILES string of the molecule is CC.CC.CC1CCS(=O)CC1.NC1COC1. The van der Waals surface area contributed by atoms with Gasteiger partial charge in [-0.2, -0.15) is 0 Å². The molecule has 2 fully saturated rings. The molecule has 0 radical (unpaired) electrons. The van der Waals surface area contributed by atoms with E-state index in [9.17, 15) is 4.21 Å². The van der Waals surface area contributed by atoms with Crippen LogP contribution in [0.25, 0.3) is 0 Å². The second-order valence-electron chi connectivity index (χ2n) is 3.83. The van der Waals surface area contributed by atoms with Crippen molar-refractivity contribution in [3.63, 3.8) is 0 Å². The average Bonchev–Trinajstić information content (AvgIpc) is 2.36. The minimum absolute atomic E-state index is 0.343. The molecular weight excluding hydrogens is 234 g/mol. The summed E-state index contributed by atoms with van der Waals surface area (Å²) in [6.07, 6.45) is 2.35. The molecule has 0 aromatic carbocycles. The van der Waals surface area contributed by atoms with Gasteiger partial charge in [-0.15, -0.1) is 0 Å². The third-order valence-corrected chi connectivity index (χ3v) is 3.72. The molecule has 17 heavy (non-hydrogen) atoms. The van der Waals surface area contributed by atoms with E-state index in [0.717, 1.165) is 30.6 Å². The predicted molar refractivity (Wildman–Crippen MR) is 77.8 cm³/mol. The van der Waals surface area contributed by atoms with Gasteiger partial charge in [0.05, 0.1) is 19.3 Å². The smallest absolute Gasteiger partial charge is 0.0640 e. The molecule has 2 aliphatic heterocycles. The summed E-state index contributed by atoms with van der Waals surface area (Å²) in [5.74, 6) is 2.72. The summed E-state index contributed by atoms with van der Waals surface area (Å²) in [5, 5.41) is 0. The fraction of sp³-hybridized carbons (Fsp3) is 1.00. The second-order valence-corrected chi connectivity index (χ2v) is 5.52. The van der Waals surface area contributed by atoms with Crippen LogP contribution in [0, 0.1) is 5.92 Å². The van der Waals surface area contributed by atoms with Gasteiger partial charge in [-0.3, -0.25) is 4.21 Å². The van der Waals surface area contributed by atoms with E-state index in [2.05, 4.69) is 6.92 Å². The number of hydrogen-bond donors (Lipinski definition) is 1. The normalized spacial score (nSPS) is 26.9. The molecule has 0 saturated carbocycles. The topological polar surface area (TPSA) is 52.3 Å². The van der Waals surface area contributed by atoms with E-state index in [-0.39, 0.29) is 0 Å². The van der Waals surface area contributed by atoms with Crippen molar-refractivity contribution in [2.24, 2.45) is 11.7 Å². The van der Waals surface area contributed by atoms with E-state index < -0.39 is 10.8 Å². The molecule has 2 aliphatic rings. The number of ether oxygens (including phenoxy) is 1. The molecule has 0 bridgehead atoms. The summed E-state index contributed by atoms with van der Waals surface area (Å²) in [5.41, 5.74) is 5.25. The van der Waals surface area contributed by atoms with Crippen molar-refractivity contribution >= 4 is 10.8 Å². The Balaban J connectivity index is 0. The monoisotopic (exact) mass is 265 g/mol. The Morgan fingerprint density at radius 1 is 1.06 bits per heavy atom. The molecule has 2 rings (SSSR count). The molecule has 3 nitrogen and oxygen atoms in total. The molecule has 0 amide bonds. The molecule has 2 saturated heterocycles. The molecule has 2 heterocycles. The van der Waals surface area contributed by atoms with Gasteiger partial charge in [-0.05, 0) is 18.8 Å². The standard InChI is InChI=1S/C6H12OS.C3H7NO.2C2H6/c1-6-2-4-8(7)5-3-6;4-3-1-5-2-3;2*1-2/h6H,2-5H2,1H3;3H,1-2,4H2;2*1-2H3. The molecule has 2 N–H and O–H groups in total. The van der Waals surface area contributed by atoms with Crippen molar-refractivity contribution in [1.29, 1.82) is 0 Å². The lowest BCUT2D eigenvalue weighted by molar-refractivity contribution is 0.0121. The zero-order valence-corrected chi connectivity index (χ0v) is 13.0. The first-order chi connectivity index (χ1) is 8.18. The molecule has 106 valence electrons. The van der Waals surface area contributed by atoms with Crippen LogP contribution in [0.1, 0.15) is 47.5 Å². The Labute approximate surface area is 110 Å². The molecule has 0 atom stereocenters. The third-order valence-electron chi connectivity index (χ3n) is 2.34. The highest BCUT2D eigenvalue weighted by molar-refractivity contribution is 7.85. The van der Waals surface area contributed by atoms with Gasteiger partial charge in [0.2, 0.25) is 0 Å². The predicted octanol–water partition coefficient (Wildman–Crippen LogP) is 2.56. The molecular formula is C13H31NO2S. The maximum Gasteiger partial charge on any atom is 0.0640 e. The highest BCUT2D eigenvalue weighted by Crippen LogP contribution is 2.14. The lowest BCUT2D eigenvalue weighted by Crippen LogP contribution is -2.41. The third kappa shape index (κ3) is 12.3. The Morgan fingerprint density at radius 2 is 1.41 bits per heavy atom. The molecule has 0 spiro atoms. The minimum Gasteiger partial charge on any atom is -0.378 e. The van der Waals surface area contributed by atoms with Crippen molar-refractivity contribution in [2.45, 2.75) is 53.5 Å². The van der Waals surface area contributed by atoms with Crippen molar-refractivity contribution in [3.05, 3.63) is 0 Å². The summed E-state index contributed by atoms with van der Waals surface area (Å²) in [7, 11) is -0.461. The average molecular weight is 265 g/mol. The van der Waals surface area contributed by atoms with E-state index in [1.165, 1.54) is 12.8 Å². The molecule has 0 aliphatic carbocycles. The van der Waals surface area contributed by atoms with Crippen LogP contribution in [-0.4, -0.2) is 35.0 Å². The number of hydrogen-bond acceptors (Lipinski definition) is 3. The number of nitrogens with two attached hydrogens (primary N) is 1. The molecule has 4 heteroatoms. The van der Waals surface area contributed by atoms with Gasteiger partial charge in [0, 0.05) is 22.3 Å². The van der Waals surface area contributed by atoms with E-state index in [0.29, 0.717) is 6.04 Å². The first kappa shape index (κ1) is 19.4. The molecule has 0 aromatic heterocycles. The Kier molecular flexibility index (Phi) is 16.1. The van der Waals surface area contributed by atoms with Crippen molar-refractivity contribution < 1.29 is 8.95 Å². The zero-order chi connectivity index (χ0) is 13.7. The Morgan fingerprint density at radius 3 is 1.59 bits per heavy atom. The quantitative estimate of drug-likeness (QED) is 0.732. The van der Waals surface area contributed by atoms with Crippen molar-refractivity contribution in [1.82, 2.24) is 0 Å². The van der Waals surface area contributed by atoms with E-state index in [1.54, 1.807) is 0 Å². The van der Waals surface area contributed by atoms with Crippen LogP contribution in [0.5, 0.6) is 0 Å². The van der Waals surface area contributed by atoms with E-state index in [4.69, 9.17) is 10.5 Å². The minimum atomic E-state index is -0.461. The van der Waals surface area contributed by atoms with Crippen LogP contribution in [0.3, 0.4) is 0 Å². The first-order valence-electron chi connectivity index (χ1n) is 6.87. The van der Waals surface area contributed by atoms with Crippen LogP contribution in [0.15, 0.2) is 0 Å². The zero-order valence-electron chi connectivity index (χ0n) is 12.2. The van der Waals surface area contributed by atoms with Crippen LogP contribution in [0.2, 0.25) is 0 Å². The van der Waals surface area contributed by atoms with E-state index >= 15 is 0 Å². The van der Waals surface area contributed by atoms with Crippen LogP contribution in [-0.2, 0) is 15.5 Å². The van der Waals surface area contributed by atoms with Crippen LogP contribution >= 0.6 is 0 Å². The highest BCUT2D eigenvalue weighted by atomic mass is 32.2. The largest absolute Gasteiger partial charge is 0.378 e. The van der Waals surface area contributed by atoms with Crippen LogP contribution < -0.4 is 5.73 Å². The van der Waals surface area contributed by atoms with Gasteiger partial charge < -0.3 is 10.5 Å². The maximum atomic E-state index is 10.7. The summed E-state index contributed by atoms with van der Waals surface area (Å²) in [6.45, 7) is 11.8. The summed E-state index contributed by atoms with van der Waals surface area (Å²) >= 11 is 0. The lowest BCUT2D eigenvalue weighted by atomic mass is 10.1. The highest BCUT2D eigenvalue weighted by Gasteiger charge is 2.12. The van der Waals surface area contributed by atoms with Gasteiger partial charge >= 0.3 is 0 Å². The number of rotatable bonds is 0. The van der Waals surface area contributed by atoms with E-state index in [1.807, 2.05) is 27.7 Å². The van der Waals surface area contributed by atoms with Crippen molar-refractivity contribution in [3.8, 4) is 0 Å². The Hall–Kier alpha value is 0.0700. The molecule has 0 unspecified atom stereocenters. The van der Waals surface area contributed by atoms with Gasteiger partial charge in [0.25, 0.3) is 0 Å². The lowest BCUT2D eigenvalue weighted by Gasteiger charge is -2.20. The Bertz CT molecular complexity index is 163. The van der Waals surface area contributed by atoms with Gasteiger partial charge in [0.15, 0.2) is 0 Å². The second kappa shape index (κ2) is 14.1. The van der Waals surface area contributed by atoms with Gasteiger partial charge in [-0.25, -0.2) is 0 Å². The van der Waals surface area contributed by atoms with Crippen LogP contribution in [0.4, 0.5) is 0 Å². The summed E-state index contributed by atoms with van der Waals surface area (Å²) < 4.78 is 15.4. The van der Waals surface area contributed by atoms with Gasteiger partial charge in [0.1, 0.15) is 0 Å². The fourth-order valence-electron chi connectivity index (χ4n) is 1.17. The maximum absolute atomic E-state index is 10.7.